The lowest BCUT2D eigenvalue weighted by Gasteiger charge is -2.64. The number of hydrogen-bond acceptors (Lipinski definition) is 3. The minimum Gasteiger partial charge on any atom is -0.416 e. The van der Waals surface area contributed by atoms with Gasteiger partial charge in [0, 0.05) is 28.0 Å². The van der Waals surface area contributed by atoms with Crippen LogP contribution in [0.4, 0.5) is 0 Å². The molecule has 4 saturated carbocycles. The number of halogens is 1. The molecule has 2 unspecified atom stereocenters. The van der Waals surface area contributed by atoms with Crippen molar-refractivity contribution >= 4 is 22.6 Å². The molecule has 98 valence electrons. The second kappa shape index (κ2) is 3.30. The van der Waals surface area contributed by atoms with Crippen LogP contribution < -0.4 is 0 Å². The van der Waals surface area contributed by atoms with Gasteiger partial charge in [-0.15, -0.1) is 10.2 Å². The van der Waals surface area contributed by atoms with Gasteiger partial charge in [0.1, 0.15) is 0 Å². The lowest BCUT2D eigenvalue weighted by molar-refractivity contribution is -0.117. The average Bonchev–Trinajstić information content (AvgIpc) is 2.59. The lowest BCUT2D eigenvalue weighted by atomic mass is 9.40. The maximum absolute atomic E-state index is 5.82. The van der Waals surface area contributed by atoms with E-state index >= 15 is 0 Å². The van der Waals surface area contributed by atoms with Gasteiger partial charge >= 0.3 is 0 Å². The number of hydrogen-bond donors (Lipinski definition) is 0. The molecule has 18 heavy (non-hydrogen) atoms. The summed E-state index contributed by atoms with van der Waals surface area (Å²) < 4.78 is 6.51. The third-order valence-electron chi connectivity index (χ3n) is 5.48. The molecule has 4 aliphatic rings. The van der Waals surface area contributed by atoms with E-state index in [-0.39, 0.29) is 5.41 Å². The minimum atomic E-state index is 0.194. The van der Waals surface area contributed by atoms with E-state index in [4.69, 9.17) is 4.42 Å². The Morgan fingerprint density at radius 2 is 1.72 bits per heavy atom. The number of nitrogens with zero attached hydrogens (tertiary/aromatic N) is 2. The largest absolute Gasteiger partial charge is 0.416 e. The van der Waals surface area contributed by atoms with Crippen molar-refractivity contribution in [1.29, 1.82) is 0 Å². The monoisotopic (exact) mass is 358 g/mol. The Balaban J connectivity index is 1.82. The zero-order valence-corrected chi connectivity index (χ0v) is 13.2. The van der Waals surface area contributed by atoms with E-state index in [0.717, 1.165) is 11.8 Å². The first-order valence-corrected chi connectivity index (χ1v) is 7.98. The fourth-order valence-electron chi connectivity index (χ4n) is 6.11. The fourth-order valence-corrected chi connectivity index (χ4v) is 6.42. The van der Waals surface area contributed by atoms with E-state index in [1.54, 1.807) is 0 Å². The molecule has 2 atom stereocenters. The summed E-state index contributed by atoms with van der Waals surface area (Å²) >= 11 is 2.13. The van der Waals surface area contributed by atoms with Crippen LogP contribution in [-0.4, -0.2) is 10.2 Å². The lowest BCUT2D eigenvalue weighted by Crippen LogP contribution is -2.57. The molecule has 4 fully saturated rings. The molecule has 1 heterocycles. The van der Waals surface area contributed by atoms with Gasteiger partial charge in [-0.25, -0.2) is 0 Å². The first kappa shape index (κ1) is 11.7. The van der Waals surface area contributed by atoms with Gasteiger partial charge in [0.05, 0.1) is 0 Å². The van der Waals surface area contributed by atoms with Crippen molar-refractivity contribution in [3.05, 3.63) is 9.79 Å². The maximum atomic E-state index is 5.82. The smallest absolute Gasteiger partial charge is 0.278 e. The summed E-state index contributed by atoms with van der Waals surface area (Å²) in [5.74, 6) is 1.80. The Labute approximate surface area is 121 Å². The van der Waals surface area contributed by atoms with Crippen LogP contribution in [0.15, 0.2) is 4.42 Å². The molecule has 0 aliphatic heterocycles. The van der Waals surface area contributed by atoms with Gasteiger partial charge in [-0.3, -0.25) is 0 Å². The third-order valence-corrected chi connectivity index (χ3v) is 5.92. The Kier molecular flexibility index (Phi) is 2.14. The third kappa shape index (κ3) is 1.53. The molecule has 0 saturated heterocycles. The molecule has 1 aromatic heterocycles. The first-order chi connectivity index (χ1) is 8.41. The Bertz CT molecular complexity index is 494. The second-order valence-electron chi connectivity index (χ2n) is 7.77. The highest BCUT2D eigenvalue weighted by molar-refractivity contribution is 14.1. The minimum absolute atomic E-state index is 0.194. The van der Waals surface area contributed by atoms with Crippen molar-refractivity contribution in [1.82, 2.24) is 10.2 Å². The topological polar surface area (TPSA) is 38.9 Å². The van der Waals surface area contributed by atoms with Crippen molar-refractivity contribution in [3.8, 4) is 0 Å². The quantitative estimate of drug-likeness (QED) is 0.715. The summed E-state index contributed by atoms with van der Waals surface area (Å²) in [4.78, 5) is 0. The summed E-state index contributed by atoms with van der Waals surface area (Å²) in [5, 5.41) is 8.43. The summed E-state index contributed by atoms with van der Waals surface area (Å²) in [6.45, 7) is 4.96. The van der Waals surface area contributed by atoms with Crippen LogP contribution in [0.25, 0.3) is 0 Å². The normalized spacial score (nSPS) is 49.8. The van der Waals surface area contributed by atoms with Gasteiger partial charge in [-0.05, 0) is 55.3 Å². The molecule has 0 spiro atoms. The molecule has 4 heteroatoms. The second-order valence-corrected chi connectivity index (χ2v) is 8.69. The molecule has 4 aliphatic carbocycles. The number of aromatic nitrogens is 2. The van der Waals surface area contributed by atoms with Crippen LogP contribution in [0.1, 0.15) is 58.3 Å². The highest BCUT2D eigenvalue weighted by Crippen LogP contribution is 2.69. The molecule has 5 rings (SSSR count). The van der Waals surface area contributed by atoms with Crippen molar-refractivity contribution in [2.24, 2.45) is 16.7 Å². The van der Waals surface area contributed by atoms with Crippen molar-refractivity contribution < 1.29 is 4.42 Å². The average molecular weight is 358 g/mol. The summed E-state index contributed by atoms with van der Waals surface area (Å²) in [6.07, 6.45) is 8.00. The SMILES string of the molecule is CC12CC3CC(C)(C1)CC(c1nnc(I)o1)(C3)C2. The van der Waals surface area contributed by atoms with Gasteiger partial charge in [0.25, 0.3) is 3.90 Å². The Morgan fingerprint density at radius 1 is 1.06 bits per heavy atom. The summed E-state index contributed by atoms with van der Waals surface area (Å²) in [5.41, 5.74) is 1.21. The van der Waals surface area contributed by atoms with Gasteiger partial charge in [0.2, 0.25) is 5.89 Å². The molecule has 0 radical (unpaired) electrons. The molecular weight excluding hydrogens is 339 g/mol. The van der Waals surface area contributed by atoms with Gasteiger partial charge in [-0.2, -0.15) is 0 Å². The summed E-state index contributed by atoms with van der Waals surface area (Å²) in [7, 11) is 0. The number of rotatable bonds is 1. The molecular formula is C14H19IN2O. The van der Waals surface area contributed by atoms with Crippen LogP contribution >= 0.6 is 22.6 Å². The van der Waals surface area contributed by atoms with Gasteiger partial charge < -0.3 is 4.42 Å². The van der Waals surface area contributed by atoms with Crippen molar-refractivity contribution in [3.63, 3.8) is 0 Å². The van der Waals surface area contributed by atoms with Crippen molar-refractivity contribution in [2.75, 3.05) is 0 Å². The maximum Gasteiger partial charge on any atom is 0.278 e. The van der Waals surface area contributed by atoms with Gasteiger partial charge in [-0.1, -0.05) is 13.8 Å². The molecule has 0 amide bonds. The van der Waals surface area contributed by atoms with E-state index in [1.807, 2.05) is 0 Å². The van der Waals surface area contributed by atoms with Crippen molar-refractivity contribution in [2.45, 2.75) is 57.8 Å². The standard InChI is InChI=1S/C14H19IN2O/c1-12-3-9-4-13(2,6-12)8-14(5-9,7-12)10-16-17-11(15)18-10/h9H,3-8H2,1-2H3. The predicted molar refractivity (Wildman–Crippen MR) is 76.1 cm³/mol. The molecule has 1 aromatic rings. The molecule has 4 bridgehead atoms. The molecule has 3 nitrogen and oxygen atoms in total. The van der Waals surface area contributed by atoms with Crippen LogP contribution in [-0.2, 0) is 5.41 Å². The van der Waals surface area contributed by atoms with E-state index in [9.17, 15) is 0 Å². The van der Waals surface area contributed by atoms with E-state index in [0.29, 0.717) is 14.7 Å². The molecule has 0 aromatic carbocycles. The fraction of sp³-hybridized carbons (Fsp3) is 0.857. The van der Waals surface area contributed by atoms with Crippen LogP contribution in [0.5, 0.6) is 0 Å². The summed E-state index contributed by atoms with van der Waals surface area (Å²) in [6, 6.07) is 0. The zero-order valence-electron chi connectivity index (χ0n) is 11.0. The zero-order chi connectivity index (χ0) is 12.6. The van der Waals surface area contributed by atoms with Crippen LogP contribution in [0.3, 0.4) is 0 Å². The first-order valence-electron chi connectivity index (χ1n) is 6.90. The molecule has 0 N–H and O–H groups in total. The Morgan fingerprint density at radius 3 is 2.22 bits per heavy atom. The van der Waals surface area contributed by atoms with E-state index in [1.165, 1.54) is 38.5 Å². The van der Waals surface area contributed by atoms with Crippen LogP contribution in [0, 0.1) is 20.6 Å². The van der Waals surface area contributed by atoms with E-state index in [2.05, 4.69) is 46.6 Å². The predicted octanol–water partition coefficient (Wildman–Crippen LogP) is 3.92. The van der Waals surface area contributed by atoms with Crippen LogP contribution in [0.2, 0.25) is 0 Å². The highest BCUT2D eigenvalue weighted by atomic mass is 127. The highest BCUT2D eigenvalue weighted by Gasteiger charge is 2.62. The Hall–Kier alpha value is -0.130. The van der Waals surface area contributed by atoms with Gasteiger partial charge in [0.15, 0.2) is 0 Å². The van der Waals surface area contributed by atoms with E-state index < -0.39 is 0 Å².